The number of carboxylic acid groups (broad SMARTS) is 1. The Morgan fingerprint density at radius 1 is 0.814 bits per heavy atom. The smallest absolute Gasteiger partial charge is 0.307 e. The highest BCUT2D eigenvalue weighted by Crippen LogP contribution is 2.44. The van der Waals surface area contributed by atoms with Crippen molar-refractivity contribution >= 4 is 11.9 Å². The van der Waals surface area contributed by atoms with Gasteiger partial charge in [0.25, 0.3) is 0 Å². The van der Waals surface area contributed by atoms with Crippen LogP contribution < -0.4 is 4.74 Å². The average molecular weight is 577 g/mol. The Balaban J connectivity index is 1.20. The van der Waals surface area contributed by atoms with Gasteiger partial charge in [-0.05, 0) is 75.9 Å². The van der Waals surface area contributed by atoms with Crippen LogP contribution in [0, 0.1) is 5.92 Å². The molecule has 0 saturated carbocycles. The summed E-state index contributed by atoms with van der Waals surface area (Å²) in [5.74, 6) is -1.51. The molecule has 1 N–H and O–H groups in total. The molecule has 5 heteroatoms. The van der Waals surface area contributed by atoms with Crippen LogP contribution in [-0.2, 0) is 27.2 Å². The number of aliphatic carboxylic acids is 1. The zero-order valence-electron chi connectivity index (χ0n) is 25.1. The van der Waals surface area contributed by atoms with Gasteiger partial charge in [0.1, 0.15) is 12.4 Å². The van der Waals surface area contributed by atoms with E-state index in [2.05, 4.69) is 50.2 Å². The van der Waals surface area contributed by atoms with Crippen molar-refractivity contribution in [2.24, 2.45) is 5.92 Å². The molecule has 5 nitrogen and oxygen atoms in total. The topological polar surface area (TPSA) is 72.8 Å². The first-order chi connectivity index (χ1) is 21.0. The summed E-state index contributed by atoms with van der Waals surface area (Å²) >= 11 is 0. The van der Waals surface area contributed by atoms with E-state index >= 15 is 0 Å². The van der Waals surface area contributed by atoms with E-state index in [0.717, 1.165) is 64.1 Å². The molecule has 5 rings (SSSR count). The van der Waals surface area contributed by atoms with Crippen LogP contribution in [0.25, 0.3) is 22.3 Å². The number of unbranched alkanes of at least 4 members (excludes halogenated alkanes) is 2. The molecule has 0 amide bonds. The first kappa shape index (κ1) is 30.1. The van der Waals surface area contributed by atoms with Crippen molar-refractivity contribution in [2.75, 3.05) is 13.2 Å². The molecule has 0 radical (unpaired) electrons. The summed E-state index contributed by atoms with van der Waals surface area (Å²) in [5.41, 5.74) is 8.87. The summed E-state index contributed by atoms with van der Waals surface area (Å²) < 4.78 is 11.6. The van der Waals surface area contributed by atoms with Crippen molar-refractivity contribution in [3.05, 3.63) is 113 Å². The normalized spacial score (nSPS) is 12.8. The third kappa shape index (κ3) is 7.16. The molecule has 1 atom stereocenters. The zero-order chi connectivity index (χ0) is 30.2. The molecule has 0 fully saturated rings. The molecule has 0 spiro atoms. The van der Waals surface area contributed by atoms with Gasteiger partial charge in [0.05, 0.1) is 18.9 Å². The third-order valence-electron chi connectivity index (χ3n) is 8.36. The Bertz CT molecular complexity index is 1510. The predicted molar refractivity (Wildman–Crippen MR) is 170 cm³/mol. The number of aryl methyl sites for hydroxylation is 1. The van der Waals surface area contributed by atoms with Crippen molar-refractivity contribution in [3.63, 3.8) is 0 Å². The monoisotopic (exact) mass is 576 g/mol. The van der Waals surface area contributed by atoms with Gasteiger partial charge in [-0.3, -0.25) is 9.59 Å². The number of rotatable bonds is 14. The molecular formula is C38H40O5. The fourth-order valence-corrected chi connectivity index (χ4v) is 6.00. The van der Waals surface area contributed by atoms with Crippen molar-refractivity contribution in [2.45, 2.75) is 58.3 Å². The highest BCUT2D eigenvalue weighted by molar-refractivity contribution is 5.81. The Kier molecular flexibility index (Phi) is 9.93. The number of hydrogen-bond donors (Lipinski definition) is 1. The summed E-state index contributed by atoms with van der Waals surface area (Å²) in [6.07, 6.45) is 4.35. The molecule has 0 saturated heterocycles. The summed E-state index contributed by atoms with van der Waals surface area (Å²) in [6.45, 7) is 5.23. The minimum absolute atomic E-state index is 0.0538. The number of benzene rings is 4. The lowest BCUT2D eigenvalue weighted by Gasteiger charge is -2.16. The van der Waals surface area contributed by atoms with E-state index in [9.17, 15) is 14.7 Å². The van der Waals surface area contributed by atoms with Gasteiger partial charge in [-0.1, -0.05) is 106 Å². The molecule has 4 aromatic carbocycles. The van der Waals surface area contributed by atoms with Crippen molar-refractivity contribution in [1.82, 2.24) is 0 Å². The molecule has 4 aromatic rings. The van der Waals surface area contributed by atoms with Gasteiger partial charge in [-0.15, -0.1) is 0 Å². The Labute approximate surface area is 254 Å². The number of hydrogen-bond acceptors (Lipinski definition) is 4. The summed E-state index contributed by atoms with van der Waals surface area (Å²) in [4.78, 5) is 25.0. The van der Waals surface area contributed by atoms with Crippen molar-refractivity contribution in [3.8, 4) is 28.0 Å². The van der Waals surface area contributed by atoms with Crippen molar-refractivity contribution < 1.29 is 24.2 Å². The Hall–Kier alpha value is -4.38. The SMILES string of the molecule is CCCCCOc1ccc(-c2ccc(C[C@H](CC(=O)OCC3c4ccccc4-c4ccccc43)C(=O)O)cc2)c(CC)c1. The van der Waals surface area contributed by atoms with Gasteiger partial charge in [-0.2, -0.15) is 0 Å². The number of fused-ring (bicyclic) bond motifs is 3. The van der Waals surface area contributed by atoms with E-state index in [-0.39, 0.29) is 25.4 Å². The fourth-order valence-electron chi connectivity index (χ4n) is 6.00. The van der Waals surface area contributed by atoms with Crippen LogP contribution in [0.1, 0.15) is 67.7 Å². The molecule has 1 aliphatic rings. The summed E-state index contributed by atoms with van der Waals surface area (Å²) in [5, 5.41) is 9.92. The highest BCUT2D eigenvalue weighted by Gasteiger charge is 2.30. The lowest BCUT2D eigenvalue weighted by Crippen LogP contribution is -2.22. The van der Waals surface area contributed by atoms with Crippen LogP contribution in [0.2, 0.25) is 0 Å². The molecule has 43 heavy (non-hydrogen) atoms. The zero-order valence-corrected chi connectivity index (χ0v) is 25.1. The summed E-state index contributed by atoms with van der Waals surface area (Å²) in [7, 11) is 0. The molecule has 0 aliphatic heterocycles. The van der Waals surface area contributed by atoms with Crippen LogP contribution in [-0.4, -0.2) is 30.3 Å². The van der Waals surface area contributed by atoms with E-state index in [0.29, 0.717) is 0 Å². The predicted octanol–water partition coefficient (Wildman–Crippen LogP) is 8.47. The first-order valence-corrected chi connectivity index (χ1v) is 15.4. The molecule has 0 aromatic heterocycles. The van der Waals surface area contributed by atoms with Gasteiger partial charge < -0.3 is 14.6 Å². The second-order valence-electron chi connectivity index (χ2n) is 11.3. The van der Waals surface area contributed by atoms with Crippen LogP contribution in [0.4, 0.5) is 0 Å². The van der Waals surface area contributed by atoms with E-state index in [1.165, 1.54) is 18.4 Å². The van der Waals surface area contributed by atoms with Gasteiger partial charge in [0, 0.05) is 5.92 Å². The summed E-state index contributed by atoms with van der Waals surface area (Å²) in [6, 6.07) is 30.5. The highest BCUT2D eigenvalue weighted by atomic mass is 16.5. The largest absolute Gasteiger partial charge is 0.494 e. The number of esters is 1. The quantitative estimate of drug-likeness (QED) is 0.120. The van der Waals surface area contributed by atoms with E-state index < -0.39 is 17.9 Å². The number of carbonyl (C=O) groups is 2. The van der Waals surface area contributed by atoms with E-state index in [1.807, 2.05) is 54.6 Å². The number of carbonyl (C=O) groups excluding carboxylic acids is 1. The maximum atomic E-state index is 12.9. The second-order valence-corrected chi connectivity index (χ2v) is 11.3. The Morgan fingerprint density at radius 3 is 2.12 bits per heavy atom. The Morgan fingerprint density at radius 2 is 1.49 bits per heavy atom. The maximum Gasteiger partial charge on any atom is 0.307 e. The lowest BCUT2D eigenvalue weighted by molar-refractivity contribution is -0.151. The lowest BCUT2D eigenvalue weighted by atomic mass is 9.93. The first-order valence-electron chi connectivity index (χ1n) is 15.4. The van der Waals surface area contributed by atoms with Crippen LogP contribution in [0.3, 0.4) is 0 Å². The minimum atomic E-state index is -1.000. The van der Waals surface area contributed by atoms with Crippen molar-refractivity contribution in [1.29, 1.82) is 0 Å². The van der Waals surface area contributed by atoms with E-state index in [4.69, 9.17) is 9.47 Å². The molecule has 1 aliphatic carbocycles. The molecular weight excluding hydrogens is 536 g/mol. The van der Waals surface area contributed by atoms with Gasteiger partial charge in [-0.25, -0.2) is 0 Å². The second kappa shape index (κ2) is 14.2. The van der Waals surface area contributed by atoms with E-state index in [1.54, 1.807) is 0 Å². The van der Waals surface area contributed by atoms with Crippen LogP contribution in [0.5, 0.6) is 5.75 Å². The van der Waals surface area contributed by atoms with Gasteiger partial charge in [0.15, 0.2) is 0 Å². The van der Waals surface area contributed by atoms with Crippen LogP contribution >= 0.6 is 0 Å². The maximum absolute atomic E-state index is 12.9. The minimum Gasteiger partial charge on any atom is -0.494 e. The van der Waals surface area contributed by atoms with Gasteiger partial charge >= 0.3 is 11.9 Å². The standard InChI is InChI=1S/C38H40O5/c1-3-5-10-21-42-30-19-20-31(27(4-2)23-30)28-17-15-26(16-18-28)22-29(38(40)41)24-37(39)43-25-36-34-13-8-6-11-32(34)33-12-7-9-14-35(33)36/h6-9,11-20,23,29,36H,3-5,10,21-22,24-25H2,1-2H3,(H,40,41)/t29-/m1/s1. The molecule has 0 unspecified atom stereocenters. The molecule has 222 valence electrons. The van der Waals surface area contributed by atoms with Gasteiger partial charge in [0.2, 0.25) is 0 Å². The average Bonchev–Trinajstić information content (AvgIpc) is 3.35. The number of ether oxygens (including phenoxy) is 2. The third-order valence-corrected chi connectivity index (χ3v) is 8.36. The van der Waals surface area contributed by atoms with Crippen LogP contribution in [0.15, 0.2) is 91.0 Å². The molecule has 0 bridgehead atoms. The fraction of sp³-hybridized carbons (Fsp3) is 0.316. The number of carboxylic acids is 1. The molecule has 0 heterocycles.